The second-order valence-corrected chi connectivity index (χ2v) is 8.30. The van der Waals surface area contributed by atoms with E-state index >= 15 is 0 Å². The van der Waals surface area contributed by atoms with Gasteiger partial charge in [0.05, 0.1) is 5.25 Å². The zero-order valence-corrected chi connectivity index (χ0v) is 12.9. The van der Waals surface area contributed by atoms with Crippen LogP contribution in [0.15, 0.2) is 0 Å². The van der Waals surface area contributed by atoms with Crippen molar-refractivity contribution >= 4 is 10.0 Å². The highest BCUT2D eigenvalue weighted by molar-refractivity contribution is 7.90. The van der Waals surface area contributed by atoms with Crippen LogP contribution in [-0.2, 0) is 10.0 Å². The first-order valence-electron chi connectivity index (χ1n) is 7.78. The molecule has 0 saturated heterocycles. The number of sulfonamides is 1. The predicted octanol–water partition coefficient (Wildman–Crippen LogP) is 2.24. The summed E-state index contributed by atoms with van der Waals surface area (Å²) in [6.07, 6.45) is 9.07. The lowest BCUT2D eigenvalue weighted by atomic mass is 9.90. The lowest BCUT2D eigenvalue weighted by molar-refractivity contribution is 0.167. The Morgan fingerprint density at radius 1 is 1.16 bits per heavy atom. The summed E-state index contributed by atoms with van der Waals surface area (Å²) in [4.78, 5) is 0. The molecule has 0 spiro atoms. The van der Waals surface area contributed by atoms with Gasteiger partial charge in [-0.15, -0.1) is 0 Å². The van der Waals surface area contributed by atoms with Gasteiger partial charge in [0, 0.05) is 18.6 Å². The molecular weight excluding hydrogens is 260 g/mol. The van der Waals surface area contributed by atoms with Crippen LogP contribution < -0.4 is 5.73 Å². The van der Waals surface area contributed by atoms with Gasteiger partial charge in [0.2, 0.25) is 10.0 Å². The van der Waals surface area contributed by atoms with E-state index in [1.165, 1.54) is 12.8 Å². The number of nitrogens with two attached hydrogens (primary N) is 1. The predicted molar refractivity (Wildman–Crippen MR) is 78.4 cm³/mol. The van der Waals surface area contributed by atoms with Crippen molar-refractivity contribution in [1.82, 2.24) is 4.31 Å². The fourth-order valence-electron chi connectivity index (χ4n) is 3.33. The Kier molecular flexibility index (Phi) is 4.90. The number of nitrogens with zero attached hydrogens (tertiary/aromatic N) is 1. The summed E-state index contributed by atoms with van der Waals surface area (Å²) in [5.74, 6) is 0. The smallest absolute Gasteiger partial charge is 0.217 e. The molecule has 2 aliphatic carbocycles. The molecule has 0 unspecified atom stereocenters. The number of hydrogen-bond acceptors (Lipinski definition) is 3. The summed E-state index contributed by atoms with van der Waals surface area (Å²) in [6.45, 7) is 3.16. The molecule has 19 heavy (non-hydrogen) atoms. The molecule has 0 aromatic rings. The molecule has 4 nitrogen and oxygen atoms in total. The molecule has 0 aliphatic heterocycles. The molecule has 0 radical (unpaired) electrons. The van der Waals surface area contributed by atoms with Crippen LogP contribution in [0.25, 0.3) is 0 Å². The first kappa shape index (κ1) is 15.3. The fraction of sp³-hybridized carbons (Fsp3) is 1.00. The highest BCUT2D eigenvalue weighted by Crippen LogP contribution is 2.39. The van der Waals surface area contributed by atoms with Crippen molar-refractivity contribution in [2.75, 3.05) is 13.1 Å². The summed E-state index contributed by atoms with van der Waals surface area (Å²) in [7, 11) is -3.12. The van der Waals surface area contributed by atoms with Crippen LogP contribution in [0.4, 0.5) is 0 Å². The van der Waals surface area contributed by atoms with Gasteiger partial charge in [-0.3, -0.25) is 0 Å². The molecule has 0 atom stereocenters. The highest BCUT2D eigenvalue weighted by atomic mass is 32.2. The van der Waals surface area contributed by atoms with Gasteiger partial charge in [-0.1, -0.05) is 32.6 Å². The van der Waals surface area contributed by atoms with Gasteiger partial charge in [0.1, 0.15) is 0 Å². The first-order chi connectivity index (χ1) is 9.07. The van der Waals surface area contributed by atoms with Crippen molar-refractivity contribution in [3.63, 3.8) is 0 Å². The molecule has 0 bridgehead atoms. The molecule has 0 heterocycles. The standard InChI is InChI=1S/C14H28N2O2S/c1-2-11-16(19(17,18)13-7-8-13)14(12-15)9-5-3-4-6-10-14/h13H,2-12,15H2,1H3. The third-order valence-corrected chi connectivity index (χ3v) is 7.12. The molecule has 0 aromatic heterocycles. The fourth-order valence-corrected chi connectivity index (χ4v) is 5.65. The van der Waals surface area contributed by atoms with E-state index in [0.717, 1.165) is 44.9 Å². The van der Waals surface area contributed by atoms with E-state index in [-0.39, 0.29) is 10.8 Å². The Hall–Kier alpha value is -0.130. The van der Waals surface area contributed by atoms with Crippen LogP contribution in [0.1, 0.15) is 64.7 Å². The average molecular weight is 288 g/mol. The summed E-state index contributed by atoms with van der Waals surface area (Å²) in [5.41, 5.74) is 5.75. The highest BCUT2D eigenvalue weighted by Gasteiger charge is 2.48. The summed E-state index contributed by atoms with van der Waals surface area (Å²) in [6, 6.07) is 0. The van der Waals surface area contributed by atoms with Crippen molar-refractivity contribution in [2.24, 2.45) is 5.73 Å². The van der Waals surface area contributed by atoms with Gasteiger partial charge in [0.25, 0.3) is 0 Å². The van der Waals surface area contributed by atoms with Crippen LogP contribution in [-0.4, -0.2) is 36.6 Å². The zero-order valence-electron chi connectivity index (χ0n) is 12.1. The molecule has 2 saturated carbocycles. The second kappa shape index (κ2) is 6.10. The Morgan fingerprint density at radius 2 is 1.74 bits per heavy atom. The lowest BCUT2D eigenvalue weighted by Gasteiger charge is -2.42. The summed E-state index contributed by atoms with van der Waals surface area (Å²) >= 11 is 0. The van der Waals surface area contributed by atoms with Crippen molar-refractivity contribution < 1.29 is 8.42 Å². The van der Waals surface area contributed by atoms with Crippen molar-refractivity contribution in [3.05, 3.63) is 0 Å². The molecular formula is C14H28N2O2S. The lowest BCUT2D eigenvalue weighted by Crippen LogP contribution is -2.57. The molecule has 0 amide bonds. The zero-order chi connectivity index (χ0) is 13.9. The third kappa shape index (κ3) is 3.14. The van der Waals surface area contributed by atoms with Gasteiger partial charge < -0.3 is 5.73 Å². The maximum Gasteiger partial charge on any atom is 0.217 e. The van der Waals surface area contributed by atoms with Crippen molar-refractivity contribution in [3.8, 4) is 0 Å². The summed E-state index contributed by atoms with van der Waals surface area (Å²) in [5, 5.41) is -0.120. The molecule has 2 rings (SSSR count). The monoisotopic (exact) mass is 288 g/mol. The van der Waals surface area contributed by atoms with Crippen LogP contribution >= 0.6 is 0 Å². The van der Waals surface area contributed by atoms with E-state index in [1.54, 1.807) is 0 Å². The van der Waals surface area contributed by atoms with Crippen LogP contribution in [0.3, 0.4) is 0 Å². The minimum Gasteiger partial charge on any atom is -0.329 e. The van der Waals surface area contributed by atoms with E-state index in [0.29, 0.717) is 13.1 Å². The third-order valence-electron chi connectivity index (χ3n) is 4.62. The number of rotatable bonds is 6. The molecule has 0 aromatic carbocycles. The Labute approximate surface area is 117 Å². The van der Waals surface area contributed by atoms with E-state index in [4.69, 9.17) is 5.73 Å². The molecule has 112 valence electrons. The minimum absolute atomic E-state index is 0.120. The van der Waals surface area contributed by atoms with Gasteiger partial charge >= 0.3 is 0 Å². The first-order valence-corrected chi connectivity index (χ1v) is 9.29. The van der Waals surface area contributed by atoms with Gasteiger partial charge in [-0.2, -0.15) is 4.31 Å². The minimum atomic E-state index is -3.12. The molecule has 5 heteroatoms. The van der Waals surface area contributed by atoms with E-state index in [9.17, 15) is 8.42 Å². The SMILES string of the molecule is CCCN(C1(CN)CCCCCC1)S(=O)(=O)C1CC1. The van der Waals surface area contributed by atoms with Crippen molar-refractivity contribution in [2.45, 2.75) is 75.5 Å². The molecule has 2 N–H and O–H groups in total. The van der Waals surface area contributed by atoms with Crippen LogP contribution in [0.2, 0.25) is 0 Å². The Bertz CT molecular complexity index is 382. The van der Waals surface area contributed by atoms with Crippen LogP contribution in [0.5, 0.6) is 0 Å². The quantitative estimate of drug-likeness (QED) is 0.762. The Morgan fingerprint density at radius 3 is 2.16 bits per heavy atom. The Balaban J connectivity index is 2.28. The second-order valence-electron chi connectivity index (χ2n) is 6.16. The maximum absolute atomic E-state index is 12.7. The van der Waals surface area contributed by atoms with Gasteiger partial charge in [0.15, 0.2) is 0 Å². The topological polar surface area (TPSA) is 63.4 Å². The van der Waals surface area contributed by atoms with E-state index < -0.39 is 10.0 Å². The largest absolute Gasteiger partial charge is 0.329 e. The van der Waals surface area contributed by atoms with Gasteiger partial charge in [-0.05, 0) is 32.1 Å². The van der Waals surface area contributed by atoms with Gasteiger partial charge in [-0.25, -0.2) is 8.42 Å². The van der Waals surface area contributed by atoms with E-state index in [2.05, 4.69) is 6.92 Å². The molecule has 2 fully saturated rings. The normalized spacial score (nSPS) is 24.4. The van der Waals surface area contributed by atoms with E-state index in [1.807, 2.05) is 4.31 Å². The maximum atomic E-state index is 12.7. The average Bonchev–Trinajstić information content (AvgIpc) is 3.22. The van der Waals surface area contributed by atoms with Crippen LogP contribution in [0, 0.1) is 0 Å². The summed E-state index contributed by atoms with van der Waals surface area (Å²) < 4.78 is 27.3. The number of hydrogen-bond donors (Lipinski definition) is 1. The van der Waals surface area contributed by atoms with Crippen molar-refractivity contribution in [1.29, 1.82) is 0 Å². The molecule has 2 aliphatic rings.